The zero-order valence-corrected chi connectivity index (χ0v) is 13.0. The number of likely N-dealkylation sites (tertiary alicyclic amines) is 1. The van der Waals surface area contributed by atoms with Gasteiger partial charge in [0.05, 0.1) is 0 Å². The summed E-state index contributed by atoms with van der Waals surface area (Å²) in [5, 5.41) is 0. The third-order valence-electron chi connectivity index (χ3n) is 4.98. The molecular weight excluding hydrogens is 276 g/mol. The van der Waals surface area contributed by atoms with E-state index in [0.29, 0.717) is 6.42 Å². The quantitative estimate of drug-likeness (QED) is 0.687. The van der Waals surface area contributed by atoms with Gasteiger partial charge in [-0.15, -0.1) is 0 Å². The smallest absolute Gasteiger partial charge is 0.233 e. The van der Waals surface area contributed by atoms with Gasteiger partial charge in [0.15, 0.2) is 0 Å². The first-order valence-corrected chi connectivity index (χ1v) is 8.35. The van der Waals surface area contributed by atoms with Crippen LogP contribution in [0.4, 0.5) is 5.69 Å². The molecule has 0 bridgehead atoms. The summed E-state index contributed by atoms with van der Waals surface area (Å²) in [6.45, 7) is 0. The van der Waals surface area contributed by atoms with Crippen molar-refractivity contribution in [2.45, 2.75) is 57.4 Å². The van der Waals surface area contributed by atoms with Crippen LogP contribution in [0.3, 0.4) is 0 Å². The van der Waals surface area contributed by atoms with Gasteiger partial charge in [-0.3, -0.25) is 14.5 Å². The third kappa shape index (κ3) is 3.16. The van der Waals surface area contributed by atoms with E-state index >= 15 is 0 Å². The van der Waals surface area contributed by atoms with Gasteiger partial charge in [0.1, 0.15) is 0 Å². The predicted molar refractivity (Wildman–Crippen MR) is 86.0 cm³/mol. The van der Waals surface area contributed by atoms with Gasteiger partial charge in [-0.1, -0.05) is 31.4 Å². The van der Waals surface area contributed by atoms with Crippen molar-refractivity contribution in [2.75, 3.05) is 5.73 Å². The number of nitrogens with two attached hydrogens (primary N) is 1. The number of carbonyl (C=O) groups excluding carboxylic acids is 2. The maximum Gasteiger partial charge on any atom is 0.233 e. The van der Waals surface area contributed by atoms with Crippen molar-refractivity contribution in [1.82, 2.24) is 4.90 Å². The van der Waals surface area contributed by atoms with Crippen molar-refractivity contribution >= 4 is 17.5 Å². The number of amides is 2. The van der Waals surface area contributed by atoms with Crippen LogP contribution in [-0.2, 0) is 16.0 Å². The van der Waals surface area contributed by atoms with Crippen molar-refractivity contribution in [3.05, 3.63) is 29.8 Å². The lowest BCUT2D eigenvalue weighted by Gasteiger charge is -2.29. The maximum atomic E-state index is 12.6. The molecule has 2 aliphatic rings. The molecule has 2 amide bonds. The van der Waals surface area contributed by atoms with Gasteiger partial charge in [0.25, 0.3) is 0 Å². The van der Waals surface area contributed by atoms with Crippen LogP contribution < -0.4 is 5.73 Å². The highest BCUT2D eigenvalue weighted by Gasteiger charge is 2.41. The second-order valence-corrected chi connectivity index (χ2v) is 6.58. The van der Waals surface area contributed by atoms with E-state index in [2.05, 4.69) is 0 Å². The van der Waals surface area contributed by atoms with Crippen LogP contribution in [0, 0.1) is 5.92 Å². The molecule has 0 spiro atoms. The van der Waals surface area contributed by atoms with Gasteiger partial charge in [0, 0.05) is 24.1 Å². The highest BCUT2D eigenvalue weighted by atomic mass is 16.2. The Balaban J connectivity index is 1.59. The predicted octanol–water partition coefficient (Wildman–Crippen LogP) is 2.91. The Bertz CT molecular complexity index is 547. The lowest BCUT2D eigenvalue weighted by molar-refractivity contribution is -0.142. The number of aryl methyl sites for hydroxylation is 1. The number of carbonyl (C=O) groups is 2. The van der Waals surface area contributed by atoms with E-state index in [-0.39, 0.29) is 23.8 Å². The molecule has 2 N–H and O–H groups in total. The van der Waals surface area contributed by atoms with Gasteiger partial charge in [-0.05, 0) is 43.4 Å². The first-order chi connectivity index (χ1) is 10.6. The van der Waals surface area contributed by atoms with Crippen molar-refractivity contribution in [3.8, 4) is 0 Å². The molecule has 3 rings (SSSR count). The second kappa shape index (κ2) is 6.51. The fraction of sp³-hybridized carbons (Fsp3) is 0.556. The van der Waals surface area contributed by atoms with E-state index in [0.717, 1.165) is 44.2 Å². The van der Waals surface area contributed by atoms with E-state index in [1.165, 1.54) is 12.0 Å². The molecule has 1 unspecified atom stereocenters. The van der Waals surface area contributed by atoms with Crippen LogP contribution in [0.15, 0.2) is 24.3 Å². The Labute approximate surface area is 131 Å². The topological polar surface area (TPSA) is 63.4 Å². The molecule has 22 heavy (non-hydrogen) atoms. The number of hydrogen-bond donors (Lipinski definition) is 1. The van der Waals surface area contributed by atoms with Gasteiger partial charge in [-0.25, -0.2) is 0 Å². The van der Waals surface area contributed by atoms with Crippen LogP contribution >= 0.6 is 0 Å². The van der Waals surface area contributed by atoms with Crippen LogP contribution in [0.1, 0.15) is 50.5 Å². The molecule has 1 aliphatic carbocycles. The Hall–Kier alpha value is -1.84. The molecule has 1 aliphatic heterocycles. The third-order valence-corrected chi connectivity index (χ3v) is 4.98. The molecular formula is C18H24N2O2. The summed E-state index contributed by atoms with van der Waals surface area (Å²) in [5.41, 5.74) is 7.60. The van der Waals surface area contributed by atoms with Crippen LogP contribution in [0.25, 0.3) is 0 Å². The summed E-state index contributed by atoms with van der Waals surface area (Å²) in [5.74, 6) is -0.0291. The van der Waals surface area contributed by atoms with Crippen LogP contribution in [0.2, 0.25) is 0 Å². The van der Waals surface area contributed by atoms with Gasteiger partial charge < -0.3 is 5.73 Å². The molecule has 1 saturated heterocycles. The van der Waals surface area contributed by atoms with Crippen molar-refractivity contribution in [3.63, 3.8) is 0 Å². The van der Waals surface area contributed by atoms with Gasteiger partial charge in [0.2, 0.25) is 11.8 Å². The standard InChI is InChI=1S/C18H24N2O2/c19-15-10-7-13(8-11-15)6-9-14-12-17(21)20(18(14)22)16-4-2-1-3-5-16/h7-8,10-11,14,16H,1-6,9,12,19H2. The largest absolute Gasteiger partial charge is 0.399 e. The van der Waals surface area contributed by atoms with E-state index in [1.54, 1.807) is 4.90 Å². The number of hydrogen-bond acceptors (Lipinski definition) is 3. The molecule has 1 aromatic rings. The summed E-state index contributed by atoms with van der Waals surface area (Å²) in [7, 11) is 0. The Morgan fingerprint density at radius 3 is 2.41 bits per heavy atom. The summed E-state index contributed by atoms with van der Waals surface area (Å²) >= 11 is 0. The number of imide groups is 1. The average Bonchev–Trinajstić information content (AvgIpc) is 2.82. The summed E-state index contributed by atoms with van der Waals surface area (Å²) < 4.78 is 0. The summed E-state index contributed by atoms with van der Waals surface area (Å²) in [4.78, 5) is 26.4. The monoisotopic (exact) mass is 300 g/mol. The van der Waals surface area contributed by atoms with E-state index in [4.69, 9.17) is 5.73 Å². The summed E-state index contributed by atoms with van der Waals surface area (Å²) in [6.07, 6.45) is 7.44. The maximum absolute atomic E-state index is 12.6. The highest BCUT2D eigenvalue weighted by molar-refractivity contribution is 6.03. The van der Waals surface area contributed by atoms with Crippen molar-refractivity contribution in [1.29, 1.82) is 0 Å². The number of nitrogen functional groups attached to an aromatic ring is 1. The average molecular weight is 300 g/mol. The van der Waals surface area contributed by atoms with Crippen molar-refractivity contribution < 1.29 is 9.59 Å². The number of anilines is 1. The molecule has 4 heteroatoms. The van der Waals surface area contributed by atoms with E-state index in [1.807, 2.05) is 24.3 Å². The highest BCUT2D eigenvalue weighted by Crippen LogP contribution is 2.31. The lowest BCUT2D eigenvalue weighted by atomic mass is 9.94. The molecule has 4 nitrogen and oxygen atoms in total. The molecule has 2 fully saturated rings. The molecule has 0 radical (unpaired) electrons. The normalized spacial score (nSPS) is 23.3. The van der Waals surface area contributed by atoms with E-state index in [9.17, 15) is 9.59 Å². The number of rotatable bonds is 4. The Kier molecular flexibility index (Phi) is 4.46. The molecule has 1 saturated carbocycles. The lowest BCUT2D eigenvalue weighted by Crippen LogP contribution is -2.41. The molecule has 1 aromatic carbocycles. The second-order valence-electron chi connectivity index (χ2n) is 6.58. The minimum Gasteiger partial charge on any atom is -0.399 e. The first-order valence-electron chi connectivity index (χ1n) is 8.35. The molecule has 1 heterocycles. The van der Waals surface area contributed by atoms with Gasteiger partial charge in [-0.2, -0.15) is 0 Å². The zero-order valence-electron chi connectivity index (χ0n) is 13.0. The van der Waals surface area contributed by atoms with Crippen LogP contribution in [-0.4, -0.2) is 22.8 Å². The summed E-state index contributed by atoms with van der Waals surface area (Å²) in [6, 6.07) is 7.91. The SMILES string of the molecule is Nc1ccc(CCC2CC(=O)N(C3CCCCC3)C2=O)cc1. The fourth-order valence-corrected chi connectivity index (χ4v) is 3.69. The van der Waals surface area contributed by atoms with Crippen molar-refractivity contribution in [2.24, 2.45) is 5.92 Å². The molecule has 118 valence electrons. The first kappa shape index (κ1) is 15.1. The fourth-order valence-electron chi connectivity index (χ4n) is 3.69. The number of benzene rings is 1. The minimum atomic E-state index is -0.132. The molecule has 0 aromatic heterocycles. The minimum absolute atomic E-state index is 0.0409. The Morgan fingerprint density at radius 1 is 1.05 bits per heavy atom. The van der Waals surface area contributed by atoms with Crippen LogP contribution in [0.5, 0.6) is 0 Å². The van der Waals surface area contributed by atoms with E-state index < -0.39 is 0 Å². The Morgan fingerprint density at radius 2 is 1.73 bits per heavy atom. The van der Waals surface area contributed by atoms with Gasteiger partial charge >= 0.3 is 0 Å². The zero-order chi connectivity index (χ0) is 15.5. The molecule has 1 atom stereocenters. The number of nitrogens with zero attached hydrogens (tertiary/aromatic N) is 1.